The zero-order valence-corrected chi connectivity index (χ0v) is 19.1. The smallest absolute Gasteiger partial charge is 0.240 e. The molecule has 0 fully saturated rings. The number of aromatic nitrogens is 1. The third-order valence-corrected chi connectivity index (χ3v) is 7.30. The molecule has 0 saturated carbocycles. The SMILES string of the molecule is COc1c(C)cc(S(=O)(=O)NCCc2c(C)[nH]c3ccc(Br)cc23)c(C)c1C. The summed E-state index contributed by atoms with van der Waals surface area (Å²) >= 11 is 3.50. The van der Waals surface area contributed by atoms with Crippen LogP contribution in [-0.2, 0) is 16.4 Å². The Kier molecular flexibility index (Phi) is 5.89. The predicted octanol–water partition coefficient (Wildman–Crippen LogP) is 4.69. The van der Waals surface area contributed by atoms with Gasteiger partial charge in [0.1, 0.15) is 5.75 Å². The minimum atomic E-state index is -3.61. The van der Waals surface area contributed by atoms with E-state index < -0.39 is 10.0 Å². The number of halogens is 1. The second kappa shape index (κ2) is 7.89. The standard InChI is InChI=1S/C21H25BrN2O3S/c1-12-10-20(13(2)14(3)21(12)27-5)28(25,26)23-9-8-17-15(4)24-19-7-6-16(22)11-18(17)19/h6-7,10-11,23-24H,8-9H2,1-5H3. The first kappa shape index (κ1) is 20.9. The first-order valence-corrected chi connectivity index (χ1v) is 11.3. The predicted molar refractivity (Wildman–Crippen MR) is 117 cm³/mol. The summed E-state index contributed by atoms with van der Waals surface area (Å²) in [6.45, 7) is 7.89. The van der Waals surface area contributed by atoms with Gasteiger partial charge in [-0.1, -0.05) is 15.9 Å². The monoisotopic (exact) mass is 464 g/mol. The van der Waals surface area contributed by atoms with Gasteiger partial charge in [0.25, 0.3) is 0 Å². The molecular weight excluding hydrogens is 440 g/mol. The first-order chi connectivity index (χ1) is 13.2. The van der Waals surface area contributed by atoms with E-state index in [2.05, 4.69) is 31.7 Å². The lowest BCUT2D eigenvalue weighted by Crippen LogP contribution is -2.27. The summed E-state index contributed by atoms with van der Waals surface area (Å²) in [4.78, 5) is 3.67. The molecule has 1 aromatic heterocycles. The Morgan fingerprint density at radius 2 is 1.82 bits per heavy atom. The minimum absolute atomic E-state index is 0.307. The lowest BCUT2D eigenvalue weighted by atomic mass is 10.1. The Balaban J connectivity index is 1.84. The molecule has 0 unspecified atom stereocenters. The molecule has 28 heavy (non-hydrogen) atoms. The fourth-order valence-electron chi connectivity index (χ4n) is 3.68. The molecule has 3 rings (SSSR count). The van der Waals surface area contributed by atoms with Gasteiger partial charge in [-0.15, -0.1) is 0 Å². The van der Waals surface area contributed by atoms with Crippen molar-refractivity contribution in [1.29, 1.82) is 0 Å². The van der Waals surface area contributed by atoms with Crippen LogP contribution in [0.5, 0.6) is 5.75 Å². The van der Waals surface area contributed by atoms with E-state index in [-0.39, 0.29) is 0 Å². The number of aromatic amines is 1. The van der Waals surface area contributed by atoms with E-state index in [1.165, 1.54) is 0 Å². The van der Waals surface area contributed by atoms with Crippen molar-refractivity contribution in [3.8, 4) is 5.75 Å². The highest BCUT2D eigenvalue weighted by atomic mass is 79.9. The number of hydrogen-bond acceptors (Lipinski definition) is 3. The van der Waals surface area contributed by atoms with Gasteiger partial charge >= 0.3 is 0 Å². The molecule has 0 amide bonds. The van der Waals surface area contributed by atoms with Crippen molar-refractivity contribution in [3.63, 3.8) is 0 Å². The summed E-state index contributed by atoms with van der Waals surface area (Å²) in [6, 6.07) is 7.74. The highest BCUT2D eigenvalue weighted by molar-refractivity contribution is 9.10. The zero-order valence-electron chi connectivity index (χ0n) is 16.7. The molecule has 0 radical (unpaired) electrons. The number of methoxy groups -OCH3 is 1. The molecule has 150 valence electrons. The van der Waals surface area contributed by atoms with Crippen molar-refractivity contribution in [1.82, 2.24) is 9.71 Å². The highest BCUT2D eigenvalue weighted by Gasteiger charge is 2.21. The van der Waals surface area contributed by atoms with Gasteiger partial charge in [-0.25, -0.2) is 13.1 Å². The van der Waals surface area contributed by atoms with Crippen LogP contribution in [0.1, 0.15) is 27.9 Å². The number of benzene rings is 2. The van der Waals surface area contributed by atoms with Crippen LogP contribution < -0.4 is 9.46 Å². The maximum absolute atomic E-state index is 12.9. The molecular formula is C21H25BrN2O3S. The van der Waals surface area contributed by atoms with Gasteiger partial charge in [0, 0.05) is 27.6 Å². The van der Waals surface area contributed by atoms with E-state index in [1.54, 1.807) is 13.2 Å². The maximum atomic E-state index is 12.9. The molecule has 0 aliphatic heterocycles. The normalized spacial score (nSPS) is 11.9. The number of rotatable bonds is 6. The van der Waals surface area contributed by atoms with E-state index in [1.807, 2.05) is 39.8 Å². The molecule has 0 aliphatic carbocycles. The van der Waals surface area contributed by atoms with E-state index in [0.29, 0.717) is 23.4 Å². The molecule has 0 saturated heterocycles. The number of ether oxygens (including phenoxy) is 1. The Labute approximate surface area is 174 Å². The van der Waals surface area contributed by atoms with Gasteiger partial charge in [0.05, 0.1) is 12.0 Å². The molecule has 7 heteroatoms. The molecule has 2 N–H and O–H groups in total. The van der Waals surface area contributed by atoms with Crippen LogP contribution in [-0.4, -0.2) is 27.1 Å². The van der Waals surface area contributed by atoms with Crippen LogP contribution in [0.2, 0.25) is 0 Å². The van der Waals surface area contributed by atoms with Crippen LogP contribution in [0, 0.1) is 27.7 Å². The minimum Gasteiger partial charge on any atom is -0.496 e. The van der Waals surface area contributed by atoms with E-state index in [9.17, 15) is 8.42 Å². The number of H-pyrrole nitrogens is 1. The van der Waals surface area contributed by atoms with Gasteiger partial charge < -0.3 is 9.72 Å². The van der Waals surface area contributed by atoms with Gasteiger partial charge in [-0.05, 0) is 80.6 Å². The third-order valence-electron chi connectivity index (χ3n) is 5.22. The van der Waals surface area contributed by atoms with Crippen LogP contribution in [0.25, 0.3) is 10.9 Å². The van der Waals surface area contributed by atoms with Gasteiger partial charge in [0.2, 0.25) is 10.0 Å². The quantitative estimate of drug-likeness (QED) is 0.555. The summed E-state index contributed by atoms with van der Waals surface area (Å²) < 4.78 is 35.0. The number of sulfonamides is 1. The van der Waals surface area contributed by atoms with Crippen molar-refractivity contribution < 1.29 is 13.2 Å². The average Bonchev–Trinajstić information content (AvgIpc) is 2.93. The summed E-state index contributed by atoms with van der Waals surface area (Å²) in [5, 5.41) is 1.11. The number of hydrogen-bond donors (Lipinski definition) is 2. The zero-order chi connectivity index (χ0) is 20.6. The van der Waals surface area contributed by atoms with Gasteiger partial charge in [-0.2, -0.15) is 0 Å². The summed E-state index contributed by atoms with van der Waals surface area (Å²) in [5.74, 6) is 0.733. The second-order valence-electron chi connectivity index (χ2n) is 7.04. The molecule has 0 atom stereocenters. The highest BCUT2D eigenvalue weighted by Crippen LogP contribution is 2.31. The Morgan fingerprint density at radius 3 is 2.50 bits per heavy atom. The van der Waals surface area contributed by atoms with Crippen molar-refractivity contribution in [2.45, 2.75) is 39.0 Å². The molecule has 0 bridgehead atoms. The van der Waals surface area contributed by atoms with Crippen molar-refractivity contribution >= 4 is 36.9 Å². The average molecular weight is 465 g/mol. The summed E-state index contributed by atoms with van der Waals surface area (Å²) in [5.41, 5.74) is 5.60. The van der Waals surface area contributed by atoms with Crippen LogP contribution >= 0.6 is 15.9 Å². The topological polar surface area (TPSA) is 71.2 Å². The number of nitrogens with one attached hydrogen (secondary N) is 2. The van der Waals surface area contributed by atoms with Crippen LogP contribution in [0.4, 0.5) is 0 Å². The van der Waals surface area contributed by atoms with E-state index in [4.69, 9.17) is 4.74 Å². The van der Waals surface area contributed by atoms with Crippen LogP contribution in [0.3, 0.4) is 0 Å². The Hall–Kier alpha value is -1.83. The van der Waals surface area contributed by atoms with Gasteiger partial charge in [0.15, 0.2) is 0 Å². The third kappa shape index (κ3) is 3.83. The van der Waals surface area contributed by atoms with Crippen LogP contribution in [0.15, 0.2) is 33.6 Å². The lowest BCUT2D eigenvalue weighted by Gasteiger charge is -2.16. The maximum Gasteiger partial charge on any atom is 0.240 e. The molecule has 0 spiro atoms. The number of aryl methyl sites for hydroxylation is 2. The fraction of sp³-hybridized carbons (Fsp3) is 0.333. The summed E-state index contributed by atoms with van der Waals surface area (Å²) in [6.07, 6.45) is 0.606. The van der Waals surface area contributed by atoms with Crippen molar-refractivity contribution in [2.24, 2.45) is 0 Å². The molecule has 1 heterocycles. The van der Waals surface area contributed by atoms with Gasteiger partial charge in [-0.3, -0.25) is 0 Å². The first-order valence-electron chi connectivity index (χ1n) is 9.07. The van der Waals surface area contributed by atoms with E-state index in [0.717, 1.165) is 43.5 Å². The molecule has 3 aromatic rings. The Bertz CT molecular complexity index is 1150. The second-order valence-corrected chi connectivity index (χ2v) is 9.69. The van der Waals surface area contributed by atoms with Crippen molar-refractivity contribution in [3.05, 3.63) is 56.7 Å². The summed E-state index contributed by atoms with van der Waals surface area (Å²) in [7, 11) is -2.01. The Morgan fingerprint density at radius 1 is 1.11 bits per heavy atom. The number of fused-ring (bicyclic) bond motifs is 1. The fourth-order valence-corrected chi connectivity index (χ4v) is 5.45. The van der Waals surface area contributed by atoms with E-state index >= 15 is 0 Å². The molecule has 5 nitrogen and oxygen atoms in total. The van der Waals surface area contributed by atoms with Crippen molar-refractivity contribution in [2.75, 3.05) is 13.7 Å². The lowest BCUT2D eigenvalue weighted by molar-refractivity contribution is 0.407. The molecule has 0 aliphatic rings. The largest absolute Gasteiger partial charge is 0.496 e. The molecule has 2 aromatic carbocycles.